The molecule has 1 aromatic carbocycles. The first-order chi connectivity index (χ1) is 7.50. The summed E-state index contributed by atoms with van der Waals surface area (Å²) >= 11 is 0. The minimum Gasteiger partial charge on any atom is -0.204 e. The van der Waals surface area contributed by atoms with Crippen molar-refractivity contribution in [1.29, 1.82) is 0 Å². The summed E-state index contributed by atoms with van der Waals surface area (Å²) in [4.78, 5) is 0. The number of benzene rings is 1. The summed E-state index contributed by atoms with van der Waals surface area (Å²) in [6.07, 6.45) is 0. The van der Waals surface area contributed by atoms with Crippen LogP contribution in [0.5, 0.6) is 0 Å². The lowest BCUT2D eigenvalue weighted by Crippen LogP contribution is -2.53. The molecule has 0 saturated carbocycles. The highest BCUT2D eigenvalue weighted by atomic mass is 28.3. The van der Waals surface area contributed by atoms with Gasteiger partial charge in [-0.3, -0.25) is 0 Å². The third-order valence-corrected chi connectivity index (χ3v) is 9.05. The highest BCUT2D eigenvalue weighted by Crippen LogP contribution is 2.37. The lowest BCUT2D eigenvalue weighted by molar-refractivity contribution is 0.461. The van der Waals surface area contributed by atoms with Gasteiger partial charge >= 0.3 is 0 Å². The van der Waals surface area contributed by atoms with E-state index in [2.05, 4.69) is 0 Å². The van der Waals surface area contributed by atoms with Crippen molar-refractivity contribution in [2.45, 2.75) is 38.9 Å². The van der Waals surface area contributed by atoms with Crippen molar-refractivity contribution in [2.24, 2.45) is 0 Å². The van der Waals surface area contributed by atoms with Crippen LogP contribution in [0.1, 0.15) is 20.8 Å². The van der Waals surface area contributed by atoms with Crippen molar-refractivity contribution in [1.82, 2.24) is 0 Å². The molecule has 96 valence electrons. The zero-order chi connectivity index (χ0) is 13.6. The van der Waals surface area contributed by atoms with E-state index in [1.54, 1.807) is 13.1 Å². The van der Waals surface area contributed by atoms with E-state index in [0.717, 1.165) is 0 Å². The molecule has 0 bridgehead atoms. The van der Waals surface area contributed by atoms with Crippen molar-refractivity contribution < 1.29 is 17.6 Å². The molecule has 0 unspecified atom stereocenters. The van der Waals surface area contributed by atoms with E-state index >= 15 is 0 Å². The van der Waals surface area contributed by atoms with Crippen LogP contribution in [0, 0.1) is 23.3 Å². The second-order valence-electron chi connectivity index (χ2n) is 5.72. The molecule has 0 atom stereocenters. The first-order valence-corrected chi connectivity index (χ1v) is 8.33. The molecule has 0 aromatic heterocycles. The Balaban J connectivity index is 3.62. The molecule has 0 N–H and O–H groups in total. The van der Waals surface area contributed by atoms with Crippen LogP contribution < -0.4 is 5.19 Å². The maximum absolute atomic E-state index is 13.7. The average Bonchev–Trinajstić information content (AvgIpc) is 2.13. The summed E-state index contributed by atoms with van der Waals surface area (Å²) in [5, 5.41) is -0.808. The van der Waals surface area contributed by atoms with Crippen molar-refractivity contribution in [3.8, 4) is 0 Å². The number of rotatable bonds is 1. The molecule has 0 radical (unpaired) electrons. The molecule has 0 aliphatic carbocycles. The van der Waals surface area contributed by atoms with Gasteiger partial charge in [0, 0.05) is 11.3 Å². The SMILES string of the molecule is CC(C)(C)[Si](C)(C)c1c(F)c(F)cc(F)c1F. The van der Waals surface area contributed by atoms with Gasteiger partial charge in [-0.15, -0.1) is 0 Å². The Kier molecular flexibility index (Phi) is 3.45. The fourth-order valence-electron chi connectivity index (χ4n) is 1.50. The quantitative estimate of drug-likeness (QED) is 0.409. The Bertz CT molecular complexity index is 421. The standard InChI is InChI=1S/C12H16F4Si/c1-12(2,3)17(4,5)11-9(15)7(13)6-8(14)10(11)16/h6H,1-5H3. The normalized spacial score (nSPS) is 13.0. The third-order valence-electron chi connectivity index (χ3n) is 3.61. The van der Waals surface area contributed by atoms with E-state index in [4.69, 9.17) is 0 Å². The number of halogens is 4. The zero-order valence-electron chi connectivity index (χ0n) is 10.6. The minimum atomic E-state index is -2.66. The molecular weight excluding hydrogens is 248 g/mol. The molecule has 0 heterocycles. The Morgan fingerprint density at radius 2 is 1.24 bits per heavy atom. The highest BCUT2D eigenvalue weighted by Gasteiger charge is 2.42. The van der Waals surface area contributed by atoms with Gasteiger partial charge in [-0.25, -0.2) is 17.6 Å². The highest BCUT2D eigenvalue weighted by molar-refractivity contribution is 6.92. The first kappa shape index (κ1) is 14.2. The Labute approximate surface area is 99.7 Å². The molecule has 0 aliphatic heterocycles. The third kappa shape index (κ3) is 2.25. The van der Waals surface area contributed by atoms with E-state index in [9.17, 15) is 17.6 Å². The van der Waals surface area contributed by atoms with Gasteiger partial charge in [0.05, 0.1) is 8.07 Å². The van der Waals surface area contributed by atoms with E-state index in [0.29, 0.717) is 0 Å². The Hall–Kier alpha value is -0.843. The van der Waals surface area contributed by atoms with E-state index in [1.165, 1.54) is 0 Å². The number of hydrogen-bond acceptors (Lipinski definition) is 0. The summed E-state index contributed by atoms with van der Waals surface area (Å²) in [5.41, 5.74) is 0. The van der Waals surface area contributed by atoms with Gasteiger partial charge in [-0.2, -0.15) is 0 Å². The first-order valence-electron chi connectivity index (χ1n) is 5.33. The molecule has 0 aliphatic rings. The summed E-state index contributed by atoms with van der Waals surface area (Å²) in [7, 11) is -2.66. The fraction of sp³-hybridized carbons (Fsp3) is 0.500. The van der Waals surface area contributed by atoms with E-state index < -0.39 is 41.6 Å². The number of hydrogen-bond donors (Lipinski definition) is 0. The maximum Gasteiger partial charge on any atom is 0.161 e. The lowest BCUT2D eigenvalue weighted by atomic mass is 10.2. The molecular formula is C12H16F4Si. The molecule has 1 aromatic rings. The van der Waals surface area contributed by atoms with Gasteiger partial charge in [0.1, 0.15) is 0 Å². The van der Waals surface area contributed by atoms with Gasteiger partial charge < -0.3 is 0 Å². The molecule has 0 fully saturated rings. The zero-order valence-corrected chi connectivity index (χ0v) is 11.6. The van der Waals surface area contributed by atoms with E-state index in [1.807, 2.05) is 20.8 Å². The second kappa shape index (κ2) is 4.12. The predicted octanol–water partition coefficient (Wildman–Crippen LogP) is 3.96. The topological polar surface area (TPSA) is 0 Å². The Morgan fingerprint density at radius 1 is 0.882 bits per heavy atom. The lowest BCUT2D eigenvalue weighted by Gasteiger charge is -2.37. The molecule has 0 amide bonds. The van der Waals surface area contributed by atoms with Crippen LogP contribution in [0.3, 0.4) is 0 Å². The van der Waals surface area contributed by atoms with Crippen molar-refractivity contribution in [2.75, 3.05) is 0 Å². The molecule has 5 heteroatoms. The van der Waals surface area contributed by atoms with Crippen molar-refractivity contribution >= 4 is 13.3 Å². The summed E-state index contributed by atoms with van der Waals surface area (Å²) in [6, 6.07) is 0.251. The second-order valence-corrected chi connectivity index (χ2v) is 11.0. The summed E-state index contributed by atoms with van der Waals surface area (Å²) < 4.78 is 53.8. The van der Waals surface area contributed by atoms with Gasteiger partial charge in [0.2, 0.25) is 0 Å². The molecule has 0 saturated heterocycles. The Morgan fingerprint density at radius 3 is 1.53 bits per heavy atom. The summed E-state index contributed by atoms with van der Waals surface area (Å²) in [5.74, 6) is -5.17. The molecule has 0 spiro atoms. The largest absolute Gasteiger partial charge is 0.204 e. The van der Waals surface area contributed by atoms with Crippen LogP contribution >= 0.6 is 0 Å². The molecule has 17 heavy (non-hydrogen) atoms. The fourth-order valence-corrected chi connectivity index (χ4v) is 3.58. The van der Waals surface area contributed by atoms with Gasteiger partial charge in [-0.1, -0.05) is 33.9 Å². The molecule has 1 rings (SSSR count). The minimum absolute atomic E-state index is 0.251. The van der Waals surface area contributed by atoms with Crippen LogP contribution in [-0.4, -0.2) is 8.07 Å². The van der Waals surface area contributed by atoms with Gasteiger partial charge in [0.25, 0.3) is 0 Å². The van der Waals surface area contributed by atoms with Crippen molar-refractivity contribution in [3.63, 3.8) is 0 Å². The monoisotopic (exact) mass is 264 g/mol. The van der Waals surface area contributed by atoms with Gasteiger partial charge in [0.15, 0.2) is 23.3 Å². The van der Waals surface area contributed by atoms with E-state index in [-0.39, 0.29) is 6.07 Å². The van der Waals surface area contributed by atoms with Crippen LogP contribution in [0.2, 0.25) is 18.1 Å². The van der Waals surface area contributed by atoms with Crippen LogP contribution in [0.4, 0.5) is 17.6 Å². The van der Waals surface area contributed by atoms with Crippen molar-refractivity contribution in [3.05, 3.63) is 29.3 Å². The maximum atomic E-state index is 13.7. The average molecular weight is 264 g/mol. The smallest absolute Gasteiger partial charge is 0.161 e. The van der Waals surface area contributed by atoms with Crippen LogP contribution in [0.25, 0.3) is 0 Å². The summed E-state index contributed by atoms with van der Waals surface area (Å²) in [6.45, 7) is 8.86. The predicted molar refractivity (Wildman–Crippen MR) is 63.1 cm³/mol. The van der Waals surface area contributed by atoms with Gasteiger partial charge in [-0.05, 0) is 5.04 Å². The van der Waals surface area contributed by atoms with Crippen LogP contribution in [0.15, 0.2) is 6.07 Å². The van der Waals surface area contributed by atoms with Crippen LogP contribution in [-0.2, 0) is 0 Å². The molecule has 0 nitrogen and oxygen atoms in total.